The van der Waals surface area contributed by atoms with Gasteiger partial charge in [0.2, 0.25) is 0 Å². The second kappa shape index (κ2) is 6.06. The monoisotopic (exact) mass is 368 g/mol. The minimum atomic E-state index is -1.45. The summed E-state index contributed by atoms with van der Waals surface area (Å²) in [5.74, 6) is -0.376. The summed E-state index contributed by atoms with van der Waals surface area (Å²) in [5.41, 5.74) is 1.96. The average molecular weight is 368 g/mol. The van der Waals surface area contributed by atoms with Crippen molar-refractivity contribution < 1.29 is 24.2 Å². The van der Waals surface area contributed by atoms with Gasteiger partial charge in [0, 0.05) is 23.5 Å². The Kier molecular flexibility index (Phi) is 4.04. The Morgan fingerprint density at radius 1 is 1.33 bits per heavy atom. The SMILES string of the molecule is CCC1C2c3cc(C)c(OC)cc3C(=O)C3(O)C2C=C(C=CC(=O)OC)C13. The number of allylic oxidation sites excluding steroid dienone is 1. The minimum Gasteiger partial charge on any atom is -0.496 e. The first-order chi connectivity index (χ1) is 12.9. The van der Waals surface area contributed by atoms with E-state index in [-0.39, 0.29) is 29.5 Å². The topological polar surface area (TPSA) is 72.8 Å². The highest BCUT2D eigenvalue weighted by atomic mass is 16.5. The van der Waals surface area contributed by atoms with E-state index in [1.807, 2.05) is 19.1 Å². The molecule has 1 aromatic carbocycles. The van der Waals surface area contributed by atoms with Crippen molar-refractivity contribution in [3.05, 3.63) is 52.6 Å². The van der Waals surface area contributed by atoms with E-state index in [9.17, 15) is 14.7 Å². The predicted octanol–water partition coefficient (Wildman–Crippen LogP) is 2.96. The van der Waals surface area contributed by atoms with Gasteiger partial charge in [-0.25, -0.2) is 4.79 Å². The molecule has 4 bridgehead atoms. The Hall–Kier alpha value is -2.40. The lowest BCUT2D eigenvalue weighted by atomic mass is 9.70. The summed E-state index contributed by atoms with van der Waals surface area (Å²) in [6.07, 6.45) is 5.86. The van der Waals surface area contributed by atoms with Crippen molar-refractivity contribution >= 4 is 11.8 Å². The number of Topliss-reactive ketones (excluding diaryl/α,β-unsaturated/α-hetero) is 1. The molecule has 27 heavy (non-hydrogen) atoms. The maximum atomic E-state index is 13.4. The number of carbonyl (C=O) groups is 2. The van der Waals surface area contributed by atoms with Crippen molar-refractivity contribution in [2.45, 2.75) is 31.8 Å². The lowest BCUT2D eigenvalue weighted by molar-refractivity contribution is -0.134. The van der Waals surface area contributed by atoms with Gasteiger partial charge in [0.05, 0.1) is 14.2 Å². The average Bonchev–Trinajstić information content (AvgIpc) is 3.08. The Bertz CT molecular complexity index is 896. The van der Waals surface area contributed by atoms with Crippen LogP contribution in [0.15, 0.2) is 35.9 Å². The smallest absolute Gasteiger partial charge is 0.330 e. The number of rotatable bonds is 4. The molecule has 142 valence electrons. The van der Waals surface area contributed by atoms with Crippen LogP contribution in [-0.2, 0) is 9.53 Å². The molecule has 5 unspecified atom stereocenters. The number of methoxy groups -OCH3 is 2. The van der Waals surface area contributed by atoms with Crippen LogP contribution in [0.25, 0.3) is 0 Å². The number of benzene rings is 1. The molecule has 5 nitrogen and oxygen atoms in total. The van der Waals surface area contributed by atoms with Crippen LogP contribution in [0.3, 0.4) is 0 Å². The van der Waals surface area contributed by atoms with E-state index in [1.165, 1.54) is 13.2 Å². The van der Waals surface area contributed by atoms with E-state index >= 15 is 0 Å². The molecule has 0 spiro atoms. The molecule has 1 fully saturated rings. The van der Waals surface area contributed by atoms with Gasteiger partial charge in [0.15, 0.2) is 5.78 Å². The summed E-state index contributed by atoms with van der Waals surface area (Å²) in [6, 6.07) is 3.81. The third-order valence-corrected chi connectivity index (χ3v) is 6.61. The van der Waals surface area contributed by atoms with E-state index < -0.39 is 11.6 Å². The Labute approximate surface area is 158 Å². The highest BCUT2D eigenvalue weighted by molar-refractivity contribution is 6.08. The molecule has 1 aromatic rings. The molecule has 4 rings (SSSR count). The van der Waals surface area contributed by atoms with Gasteiger partial charge in [0.1, 0.15) is 11.4 Å². The fourth-order valence-corrected chi connectivity index (χ4v) is 5.54. The van der Waals surface area contributed by atoms with Crippen molar-refractivity contribution in [3.63, 3.8) is 0 Å². The molecule has 0 aliphatic heterocycles. The first-order valence-corrected chi connectivity index (χ1v) is 9.31. The van der Waals surface area contributed by atoms with Gasteiger partial charge in [-0.2, -0.15) is 0 Å². The van der Waals surface area contributed by atoms with E-state index in [0.717, 1.165) is 23.1 Å². The van der Waals surface area contributed by atoms with E-state index in [2.05, 4.69) is 11.7 Å². The fraction of sp³-hybridized carbons (Fsp3) is 0.455. The van der Waals surface area contributed by atoms with Crippen molar-refractivity contribution in [2.24, 2.45) is 17.8 Å². The second-order valence-electron chi connectivity index (χ2n) is 7.69. The van der Waals surface area contributed by atoms with Gasteiger partial charge >= 0.3 is 5.97 Å². The Morgan fingerprint density at radius 2 is 2.07 bits per heavy atom. The quantitative estimate of drug-likeness (QED) is 0.653. The van der Waals surface area contributed by atoms with E-state index in [1.54, 1.807) is 19.3 Å². The molecule has 1 N–H and O–H groups in total. The molecular formula is C22H24O5. The highest BCUT2D eigenvalue weighted by Gasteiger charge is 2.69. The summed E-state index contributed by atoms with van der Waals surface area (Å²) in [5, 5.41) is 11.6. The zero-order chi connectivity index (χ0) is 19.5. The summed E-state index contributed by atoms with van der Waals surface area (Å²) in [6.45, 7) is 4.06. The normalized spacial score (nSPS) is 33.2. The van der Waals surface area contributed by atoms with Gasteiger partial charge in [-0.1, -0.05) is 31.6 Å². The summed E-state index contributed by atoms with van der Waals surface area (Å²) >= 11 is 0. The molecule has 3 aliphatic rings. The Morgan fingerprint density at radius 3 is 2.70 bits per heavy atom. The second-order valence-corrected chi connectivity index (χ2v) is 7.69. The van der Waals surface area contributed by atoms with Crippen LogP contribution in [0, 0.1) is 24.7 Å². The zero-order valence-corrected chi connectivity index (χ0v) is 16.0. The van der Waals surface area contributed by atoms with Gasteiger partial charge in [0.25, 0.3) is 0 Å². The van der Waals surface area contributed by atoms with Crippen molar-refractivity contribution in [1.82, 2.24) is 0 Å². The molecule has 0 aromatic heterocycles. The lowest BCUT2D eigenvalue weighted by Crippen LogP contribution is -2.47. The summed E-state index contributed by atoms with van der Waals surface area (Å²) in [7, 11) is 2.91. The molecule has 5 heteroatoms. The molecule has 5 atom stereocenters. The standard InChI is InChI=1S/C22H24O5/c1-5-13-19-14-8-11(2)17(26-3)10-15(14)21(24)22(25)16(19)9-12(20(13)22)6-7-18(23)27-4/h6-10,13,16,19-20,25H,5H2,1-4H3. The number of carbonyl (C=O) groups excluding carboxylic acids is 2. The van der Waals surface area contributed by atoms with Crippen LogP contribution in [0.2, 0.25) is 0 Å². The van der Waals surface area contributed by atoms with Gasteiger partial charge in [-0.3, -0.25) is 4.79 Å². The number of aliphatic hydroxyl groups is 1. The maximum Gasteiger partial charge on any atom is 0.330 e. The predicted molar refractivity (Wildman–Crippen MR) is 99.8 cm³/mol. The summed E-state index contributed by atoms with van der Waals surface area (Å²) in [4.78, 5) is 24.9. The largest absolute Gasteiger partial charge is 0.496 e. The third kappa shape index (κ3) is 2.21. The van der Waals surface area contributed by atoms with Crippen LogP contribution >= 0.6 is 0 Å². The molecule has 0 amide bonds. The highest BCUT2D eigenvalue weighted by Crippen LogP contribution is 2.66. The lowest BCUT2D eigenvalue weighted by Gasteiger charge is -2.35. The zero-order valence-electron chi connectivity index (χ0n) is 16.0. The maximum absolute atomic E-state index is 13.4. The number of esters is 1. The van der Waals surface area contributed by atoms with E-state index in [4.69, 9.17) is 4.74 Å². The van der Waals surface area contributed by atoms with Gasteiger partial charge in [-0.05, 0) is 41.5 Å². The van der Waals surface area contributed by atoms with Crippen LogP contribution in [0.4, 0.5) is 0 Å². The molecule has 1 saturated carbocycles. The van der Waals surface area contributed by atoms with Crippen molar-refractivity contribution in [3.8, 4) is 5.75 Å². The van der Waals surface area contributed by atoms with Crippen molar-refractivity contribution in [1.29, 1.82) is 0 Å². The van der Waals surface area contributed by atoms with Gasteiger partial charge in [-0.15, -0.1) is 0 Å². The molecule has 3 aliphatic carbocycles. The first kappa shape index (κ1) is 18.0. The van der Waals surface area contributed by atoms with Crippen LogP contribution < -0.4 is 4.74 Å². The number of fused-ring (bicyclic) bond motifs is 2. The number of hydrogen-bond acceptors (Lipinski definition) is 5. The third-order valence-electron chi connectivity index (χ3n) is 6.61. The summed E-state index contributed by atoms with van der Waals surface area (Å²) < 4.78 is 10.1. The number of ketones is 1. The number of aryl methyl sites for hydroxylation is 1. The van der Waals surface area contributed by atoms with Crippen LogP contribution in [-0.4, -0.2) is 36.7 Å². The number of hydrogen-bond donors (Lipinski definition) is 1. The minimum absolute atomic E-state index is 0.0950. The van der Waals surface area contributed by atoms with E-state index in [0.29, 0.717) is 11.3 Å². The van der Waals surface area contributed by atoms with Gasteiger partial charge < -0.3 is 14.6 Å². The Balaban J connectivity index is 1.85. The van der Waals surface area contributed by atoms with Crippen molar-refractivity contribution in [2.75, 3.05) is 14.2 Å². The molecule has 0 heterocycles. The fourth-order valence-electron chi connectivity index (χ4n) is 5.54. The van der Waals surface area contributed by atoms with Crippen LogP contribution in [0.5, 0.6) is 5.75 Å². The molecule has 0 radical (unpaired) electrons. The van der Waals surface area contributed by atoms with Crippen LogP contribution in [0.1, 0.15) is 40.7 Å². The first-order valence-electron chi connectivity index (χ1n) is 9.31. The molecular weight excluding hydrogens is 344 g/mol. The number of ether oxygens (including phenoxy) is 2. The molecule has 0 saturated heterocycles.